The Bertz CT molecular complexity index is 377. The Kier molecular flexibility index (Phi) is 2.85. The zero-order valence-corrected chi connectivity index (χ0v) is 9.94. The highest BCUT2D eigenvalue weighted by molar-refractivity contribution is 5.85. The molecule has 1 aliphatic carbocycles. The maximum Gasteiger partial charge on any atom is 0.138 e. The van der Waals surface area contributed by atoms with Crippen molar-refractivity contribution in [3.8, 4) is 0 Å². The maximum atomic E-state index is 11.9. The Balaban J connectivity index is 1.95. The number of hydrogen-bond donors (Lipinski definition) is 1. The van der Waals surface area contributed by atoms with Gasteiger partial charge < -0.3 is 5.73 Å². The summed E-state index contributed by atoms with van der Waals surface area (Å²) in [7, 11) is 0. The summed E-state index contributed by atoms with van der Waals surface area (Å²) in [5, 5.41) is 0. The summed E-state index contributed by atoms with van der Waals surface area (Å²) in [5.41, 5.74) is 6.78. The molecule has 1 aliphatic rings. The second-order valence-corrected chi connectivity index (χ2v) is 5.49. The Morgan fingerprint density at radius 2 is 2.00 bits per heavy atom. The van der Waals surface area contributed by atoms with Crippen LogP contribution in [-0.2, 0) is 4.79 Å². The van der Waals surface area contributed by atoms with E-state index in [1.807, 2.05) is 32.0 Å². The first-order valence-corrected chi connectivity index (χ1v) is 5.84. The van der Waals surface area contributed by atoms with Crippen molar-refractivity contribution in [2.45, 2.75) is 38.1 Å². The van der Waals surface area contributed by atoms with E-state index in [1.165, 1.54) is 5.56 Å². The van der Waals surface area contributed by atoms with E-state index in [2.05, 4.69) is 12.1 Å². The van der Waals surface area contributed by atoms with Crippen LogP contribution in [0, 0.1) is 5.92 Å². The molecule has 0 bridgehead atoms. The van der Waals surface area contributed by atoms with Crippen LogP contribution >= 0.6 is 0 Å². The fourth-order valence-corrected chi connectivity index (χ4v) is 2.20. The average molecular weight is 217 g/mol. The van der Waals surface area contributed by atoms with Crippen molar-refractivity contribution in [3.05, 3.63) is 35.9 Å². The smallest absolute Gasteiger partial charge is 0.138 e. The van der Waals surface area contributed by atoms with Gasteiger partial charge in [-0.05, 0) is 31.7 Å². The molecule has 0 spiro atoms. The first-order valence-electron chi connectivity index (χ1n) is 5.84. The molecule has 0 heterocycles. The summed E-state index contributed by atoms with van der Waals surface area (Å²) in [6.45, 7) is 3.82. The van der Waals surface area contributed by atoms with Gasteiger partial charge in [-0.15, -0.1) is 0 Å². The topological polar surface area (TPSA) is 43.1 Å². The number of carbonyl (C=O) groups excluding carboxylic acids is 1. The number of ketones is 1. The molecule has 0 aromatic heterocycles. The van der Waals surface area contributed by atoms with Gasteiger partial charge >= 0.3 is 0 Å². The van der Waals surface area contributed by atoms with Gasteiger partial charge in [0.05, 0.1) is 0 Å². The molecule has 2 unspecified atom stereocenters. The van der Waals surface area contributed by atoms with Crippen molar-refractivity contribution in [2.75, 3.05) is 0 Å². The molecule has 0 amide bonds. The third-order valence-corrected chi connectivity index (χ3v) is 3.06. The summed E-state index contributed by atoms with van der Waals surface area (Å²) in [6.07, 6.45) is 1.49. The molecule has 2 atom stereocenters. The van der Waals surface area contributed by atoms with E-state index in [0.717, 1.165) is 6.42 Å². The quantitative estimate of drug-likeness (QED) is 0.842. The standard InChI is InChI=1S/C14H19NO/c1-14(2,15)9-13(16)12-8-11(12)10-6-4-3-5-7-10/h3-7,11-12H,8-9,15H2,1-2H3. The fraction of sp³-hybridized carbons (Fsp3) is 0.500. The predicted octanol–water partition coefficient (Wildman–Crippen LogP) is 2.49. The number of carbonyl (C=O) groups is 1. The highest BCUT2D eigenvalue weighted by atomic mass is 16.1. The molecule has 2 heteroatoms. The van der Waals surface area contributed by atoms with E-state index < -0.39 is 0 Å². The minimum Gasteiger partial charge on any atom is -0.325 e. The summed E-state index contributed by atoms with van der Waals surface area (Å²) in [6, 6.07) is 10.3. The highest BCUT2D eigenvalue weighted by Crippen LogP contribution is 2.48. The third kappa shape index (κ3) is 2.70. The molecule has 2 nitrogen and oxygen atoms in total. The number of Topliss-reactive ketones (excluding diaryl/α,β-unsaturated/α-hetero) is 1. The number of benzene rings is 1. The maximum absolute atomic E-state index is 11.9. The molecule has 2 rings (SSSR count). The summed E-state index contributed by atoms with van der Waals surface area (Å²) in [5.74, 6) is 0.975. The lowest BCUT2D eigenvalue weighted by Gasteiger charge is -2.16. The summed E-state index contributed by atoms with van der Waals surface area (Å²) >= 11 is 0. The fourth-order valence-electron chi connectivity index (χ4n) is 2.20. The number of nitrogens with two attached hydrogens (primary N) is 1. The van der Waals surface area contributed by atoms with Crippen LogP contribution < -0.4 is 5.73 Å². The predicted molar refractivity (Wildman–Crippen MR) is 65.2 cm³/mol. The lowest BCUT2D eigenvalue weighted by atomic mass is 9.95. The lowest BCUT2D eigenvalue weighted by Crippen LogP contribution is -2.35. The Labute approximate surface area is 96.8 Å². The van der Waals surface area contributed by atoms with Crippen LogP contribution in [0.4, 0.5) is 0 Å². The molecular weight excluding hydrogens is 198 g/mol. The van der Waals surface area contributed by atoms with Gasteiger partial charge in [0.1, 0.15) is 5.78 Å². The van der Waals surface area contributed by atoms with E-state index in [1.54, 1.807) is 0 Å². The second-order valence-electron chi connectivity index (χ2n) is 5.49. The normalized spacial score (nSPS) is 24.2. The largest absolute Gasteiger partial charge is 0.325 e. The van der Waals surface area contributed by atoms with Gasteiger partial charge in [0.15, 0.2) is 0 Å². The zero-order valence-electron chi connectivity index (χ0n) is 9.94. The Morgan fingerprint density at radius 1 is 1.38 bits per heavy atom. The Morgan fingerprint density at radius 3 is 2.56 bits per heavy atom. The SMILES string of the molecule is CC(C)(N)CC(=O)C1CC1c1ccccc1. The van der Waals surface area contributed by atoms with E-state index in [9.17, 15) is 4.79 Å². The van der Waals surface area contributed by atoms with Gasteiger partial charge in [-0.1, -0.05) is 30.3 Å². The van der Waals surface area contributed by atoms with Crippen molar-refractivity contribution < 1.29 is 4.79 Å². The van der Waals surface area contributed by atoms with Crippen LogP contribution in [0.3, 0.4) is 0 Å². The van der Waals surface area contributed by atoms with Crippen LogP contribution in [0.5, 0.6) is 0 Å². The molecular formula is C14H19NO. The molecule has 0 radical (unpaired) electrons. The molecule has 16 heavy (non-hydrogen) atoms. The molecule has 0 aliphatic heterocycles. The van der Waals surface area contributed by atoms with Crippen molar-refractivity contribution >= 4 is 5.78 Å². The van der Waals surface area contributed by atoms with Crippen molar-refractivity contribution in [3.63, 3.8) is 0 Å². The molecule has 2 N–H and O–H groups in total. The third-order valence-electron chi connectivity index (χ3n) is 3.06. The molecule has 0 saturated heterocycles. The number of rotatable bonds is 4. The van der Waals surface area contributed by atoms with Crippen molar-refractivity contribution in [2.24, 2.45) is 11.7 Å². The molecule has 86 valence electrons. The van der Waals surface area contributed by atoms with Gasteiger partial charge in [0.2, 0.25) is 0 Å². The van der Waals surface area contributed by atoms with E-state index >= 15 is 0 Å². The average Bonchev–Trinajstić information content (AvgIpc) is 2.96. The van der Waals surface area contributed by atoms with Crippen LogP contribution in [-0.4, -0.2) is 11.3 Å². The van der Waals surface area contributed by atoms with Gasteiger partial charge in [-0.3, -0.25) is 4.79 Å². The lowest BCUT2D eigenvalue weighted by molar-refractivity contribution is -0.121. The van der Waals surface area contributed by atoms with E-state index in [0.29, 0.717) is 18.1 Å². The molecule has 1 saturated carbocycles. The minimum atomic E-state index is -0.374. The first kappa shape index (κ1) is 11.3. The summed E-state index contributed by atoms with van der Waals surface area (Å²) < 4.78 is 0. The van der Waals surface area contributed by atoms with Crippen LogP contribution in [0.25, 0.3) is 0 Å². The monoisotopic (exact) mass is 217 g/mol. The minimum absolute atomic E-state index is 0.213. The van der Waals surface area contributed by atoms with Crippen LogP contribution in [0.1, 0.15) is 38.2 Å². The van der Waals surface area contributed by atoms with Gasteiger partial charge in [-0.25, -0.2) is 0 Å². The van der Waals surface area contributed by atoms with Crippen molar-refractivity contribution in [1.29, 1.82) is 0 Å². The second kappa shape index (κ2) is 4.02. The molecule has 1 aromatic rings. The number of hydrogen-bond acceptors (Lipinski definition) is 2. The van der Waals surface area contributed by atoms with E-state index in [4.69, 9.17) is 5.73 Å². The van der Waals surface area contributed by atoms with Gasteiger partial charge in [0.25, 0.3) is 0 Å². The highest BCUT2D eigenvalue weighted by Gasteiger charge is 2.44. The van der Waals surface area contributed by atoms with Gasteiger partial charge in [0, 0.05) is 17.9 Å². The summed E-state index contributed by atoms with van der Waals surface area (Å²) in [4.78, 5) is 11.9. The zero-order chi connectivity index (χ0) is 11.8. The first-order chi connectivity index (χ1) is 7.47. The van der Waals surface area contributed by atoms with Gasteiger partial charge in [-0.2, -0.15) is 0 Å². The van der Waals surface area contributed by atoms with Crippen LogP contribution in [0.2, 0.25) is 0 Å². The molecule has 1 aromatic carbocycles. The van der Waals surface area contributed by atoms with Crippen LogP contribution in [0.15, 0.2) is 30.3 Å². The van der Waals surface area contributed by atoms with E-state index in [-0.39, 0.29) is 11.5 Å². The Hall–Kier alpha value is -1.15. The van der Waals surface area contributed by atoms with Crippen molar-refractivity contribution in [1.82, 2.24) is 0 Å². The molecule has 1 fully saturated rings.